The lowest BCUT2D eigenvalue weighted by molar-refractivity contribution is 0.113. The molecule has 0 bridgehead atoms. The molecule has 1 aromatic rings. The minimum Gasteiger partial charge on any atom is -0.491 e. The number of carboxylic acid groups (broad SMARTS) is 1. The van der Waals surface area contributed by atoms with E-state index in [-0.39, 0.29) is 6.04 Å². The molecule has 1 fully saturated rings. The summed E-state index contributed by atoms with van der Waals surface area (Å²) < 4.78 is 6.83. The van der Waals surface area contributed by atoms with E-state index in [1.807, 2.05) is 12.1 Å². The fourth-order valence-electron chi connectivity index (χ4n) is 2.78. The third kappa shape index (κ3) is 1.76. The zero-order chi connectivity index (χ0) is 12.0. The van der Waals surface area contributed by atoms with Crippen LogP contribution in [0.4, 0.5) is 4.79 Å². The van der Waals surface area contributed by atoms with Gasteiger partial charge in [-0.1, -0.05) is 0 Å². The Labute approximate surface area is 113 Å². The summed E-state index contributed by atoms with van der Waals surface area (Å²) in [6.07, 6.45) is 0.0585. The van der Waals surface area contributed by atoms with Gasteiger partial charge < -0.3 is 14.7 Å². The van der Waals surface area contributed by atoms with Crippen molar-refractivity contribution < 1.29 is 14.6 Å². The van der Waals surface area contributed by atoms with Crippen LogP contribution >= 0.6 is 22.6 Å². The highest BCUT2D eigenvalue weighted by Gasteiger charge is 2.42. The van der Waals surface area contributed by atoms with E-state index < -0.39 is 6.09 Å². The SMILES string of the molecule is O=C(O)N1CCC2c3cc(I)ccc3OCC21. The van der Waals surface area contributed by atoms with Crippen LogP contribution in [0.15, 0.2) is 18.2 Å². The molecule has 0 spiro atoms. The molecule has 2 aliphatic heterocycles. The molecule has 0 saturated carbocycles. The predicted molar refractivity (Wildman–Crippen MR) is 70.5 cm³/mol. The van der Waals surface area contributed by atoms with Crippen LogP contribution in [-0.2, 0) is 0 Å². The van der Waals surface area contributed by atoms with Gasteiger partial charge >= 0.3 is 6.09 Å². The molecule has 1 N–H and O–H groups in total. The number of halogens is 1. The third-order valence-electron chi connectivity index (χ3n) is 3.57. The summed E-state index contributed by atoms with van der Waals surface area (Å²) in [6, 6.07) is 6.09. The van der Waals surface area contributed by atoms with Crippen LogP contribution in [0.5, 0.6) is 5.75 Å². The van der Waals surface area contributed by atoms with Crippen LogP contribution in [0, 0.1) is 3.57 Å². The summed E-state index contributed by atoms with van der Waals surface area (Å²) in [5.41, 5.74) is 1.16. The average molecular weight is 345 g/mol. The molecular weight excluding hydrogens is 333 g/mol. The van der Waals surface area contributed by atoms with Gasteiger partial charge in [-0.2, -0.15) is 0 Å². The molecule has 2 atom stereocenters. The van der Waals surface area contributed by atoms with Gasteiger partial charge in [0, 0.05) is 21.6 Å². The van der Waals surface area contributed by atoms with Gasteiger partial charge in [0.25, 0.3) is 0 Å². The Morgan fingerprint density at radius 3 is 3.12 bits per heavy atom. The van der Waals surface area contributed by atoms with Crippen molar-refractivity contribution in [2.24, 2.45) is 0 Å². The lowest BCUT2D eigenvalue weighted by Gasteiger charge is -2.32. The monoisotopic (exact) mass is 345 g/mol. The van der Waals surface area contributed by atoms with Crippen LogP contribution in [0.1, 0.15) is 17.9 Å². The maximum absolute atomic E-state index is 11.1. The quantitative estimate of drug-likeness (QED) is 0.735. The van der Waals surface area contributed by atoms with Crippen LogP contribution in [0.2, 0.25) is 0 Å². The Balaban J connectivity index is 1.98. The third-order valence-corrected chi connectivity index (χ3v) is 4.24. The normalized spacial score (nSPS) is 26.1. The number of rotatable bonds is 0. The van der Waals surface area contributed by atoms with E-state index in [0.29, 0.717) is 19.1 Å². The highest BCUT2D eigenvalue weighted by Crippen LogP contribution is 2.42. The predicted octanol–water partition coefficient (Wildman–Crippen LogP) is 2.52. The van der Waals surface area contributed by atoms with Gasteiger partial charge in [0.2, 0.25) is 0 Å². The van der Waals surface area contributed by atoms with E-state index >= 15 is 0 Å². The first-order valence-corrected chi connectivity index (χ1v) is 6.66. The van der Waals surface area contributed by atoms with Gasteiger partial charge in [0.15, 0.2) is 0 Å². The smallest absolute Gasteiger partial charge is 0.407 e. The first-order valence-electron chi connectivity index (χ1n) is 5.58. The van der Waals surface area contributed by atoms with Crippen molar-refractivity contribution in [1.29, 1.82) is 0 Å². The largest absolute Gasteiger partial charge is 0.491 e. The van der Waals surface area contributed by atoms with Crippen molar-refractivity contribution in [1.82, 2.24) is 4.90 Å². The molecule has 1 saturated heterocycles. The molecule has 2 heterocycles. The zero-order valence-electron chi connectivity index (χ0n) is 9.10. The molecule has 1 amide bonds. The van der Waals surface area contributed by atoms with Crippen molar-refractivity contribution in [3.63, 3.8) is 0 Å². The Bertz CT molecular complexity index is 477. The molecule has 0 aliphatic carbocycles. The lowest BCUT2D eigenvalue weighted by atomic mass is 9.89. The average Bonchev–Trinajstić information content (AvgIpc) is 2.72. The molecule has 0 aromatic heterocycles. The minimum atomic E-state index is -0.838. The number of likely N-dealkylation sites (tertiary alicyclic amines) is 1. The first-order chi connectivity index (χ1) is 8.16. The highest BCUT2D eigenvalue weighted by molar-refractivity contribution is 14.1. The maximum atomic E-state index is 11.1. The van der Waals surface area contributed by atoms with E-state index in [1.54, 1.807) is 0 Å². The van der Waals surface area contributed by atoms with Crippen LogP contribution in [0.25, 0.3) is 0 Å². The van der Waals surface area contributed by atoms with Gasteiger partial charge in [0.05, 0.1) is 6.04 Å². The van der Waals surface area contributed by atoms with Gasteiger partial charge in [-0.3, -0.25) is 0 Å². The number of hydrogen-bond donors (Lipinski definition) is 1. The number of nitrogens with zero attached hydrogens (tertiary/aromatic N) is 1. The van der Waals surface area contributed by atoms with Crippen LogP contribution < -0.4 is 4.74 Å². The van der Waals surface area contributed by atoms with Crippen LogP contribution in [0.3, 0.4) is 0 Å². The molecule has 1 aromatic carbocycles. The van der Waals surface area contributed by atoms with E-state index in [9.17, 15) is 4.79 Å². The molecule has 4 nitrogen and oxygen atoms in total. The van der Waals surface area contributed by atoms with Crippen molar-refractivity contribution in [2.75, 3.05) is 13.2 Å². The molecule has 90 valence electrons. The van der Waals surface area contributed by atoms with Crippen molar-refractivity contribution in [3.8, 4) is 5.75 Å². The Kier molecular flexibility index (Phi) is 2.65. The second kappa shape index (κ2) is 4.04. The minimum absolute atomic E-state index is 0.0156. The maximum Gasteiger partial charge on any atom is 0.407 e. The van der Waals surface area contributed by atoms with Crippen molar-refractivity contribution >= 4 is 28.7 Å². The van der Waals surface area contributed by atoms with E-state index in [0.717, 1.165) is 17.7 Å². The summed E-state index contributed by atoms with van der Waals surface area (Å²) in [4.78, 5) is 12.6. The molecule has 17 heavy (non-hydrogen) atoms. The van der Waals surface area contributed by atoms with Crippen LogP contribution in [-0.4, -0.2) is 35.3 Å². The summed E-state index contributed by atoms with van der Waals surface area (Å²) >= 11 is 2.27. The number of fused-ring (bicyclic) bond motifs is 3. The van der Waals surface area contributed by atoms with Gasteiger partial charge in [-0.15, -0.1) is 0 Å². The Morgan fingerprint density at radius 1 is 1.53 bits per heavy atom. The summed E-state index contributed by atoms with van der Waals surface area (Å²) in [7, 11) is 0. The second-order valence-corrected chi connectivity index (χ2v) is 5.68. The molecule has 0 radical (unpaired) electrons. The van der Waals surface area contributed by atoms with Crippen molar-refractivity contribution in [2.45, 2.75) is 18.4 Å². The van der Waals surface area contributed by atoms with E-state index in [1.165, 1.54) is 8.47 Å². The number of ether oxygens (including phenoxy) is 1. The fraction of sp³-hybridized carbons (Fsp3) is 0.417. The number of benzene rings is 1. The summed E-state index contributed by atoms with van der Waals surface area (Å²) in [6.45, 7) is 1.09. The fourth-order valence-corrected chi connectivity index (χ4v) is 3.29. The van der Waals surface area contributed by atoms with E-state index in [4.69, 9.17) is 9.84 Å². The van der Waals surface area contributed by atoms with E-state index in [2.05, 4.69) is 28.7 Å². The summed E-state index contributed by atoms with van der Waals surface area (Å²) in [5, 5.41) is 9.12. The molecule has 2 unspecified atom stereocenters. The molecular formula is C12H12INO3. The Morgan fingerprint density at radius 2 is 2.35 bits per heavy atom. The lowest BCUT2D eigenvalue weighted by Crippen LogP contribution is -2.42. The number of amides is 1. The zero-order valence-corrected chi connectivity index (χ0v) is 11.3. The molecule has 2 aliphatic rings. The second-order valence-electron chi connectivity index (χ2n) is 4.43. The van der Waals surface area contributed by atoms with Gasteiger partial charge in [-0.05, 0) is 47.2 Å². The van der Waals surface area contributed by atoms with Gasteiger partial charge in [0.1, 0.15) is 12.4 Å². The highest BCUT2D eigenvalue weighted by atomic mass is 127. The molecule has 3 rings (SSSR count). The number of carbonyl (C=O) groups is 1. The topological polar surface area (TPSA) is 49.8 Å². The summed E-state index contributed by atoms with van der Waals surface area (Å²) in [5.74, 6) is 1.21. The standard InChI is InChI=1S/C12H12INO3/c13-7-1-2-11-9(5-7)8-3-4-14(12(15)16)10(8)6-17-11/h1-2,5,8,10H,3-4,6H2,(H,15,16). The molecule has 5 heteroatoms. The van der Waals surface area contributed by atoms with Gasteiger partial charge in [-0.25, -0.2) is 4.79 Å². The Hall–Kier alpha value is -0.980. The van der Waals surface area contributed by atoms with Crippen molar-refractivity contribution in [3.05, 3.63) is 27.3 Å². The first kappa shape index (κ1) is 11.1. The number of hydrogen-bond acceptors (Lipinski definition) is 2.